The molecule has 1 heterocycles. The van der Waals surface area contributed by atoms with Gasteiger partial charge in [0.1, 0.15) is 0 Å². The van der Waals surface area contributed by atoms with E-state index in [4.69, 9.17) is 0 Å². The lowest BCUT2D eigenvalue weighted by molar-refractivity contribution is -0.137. The van der Waals surface area contributed by atoms with Crippen LogP contribution in [-0.4, -0.2) is 68.0 Å². The maximum atomic E-state index is 12.6. The predicted molar refractivity (Wildman–Crippen MR) is 119 cm³/mol. The number of aliphatic imine (C=N–C) groups is 1. The second-order valence-electron chi connectivity index (χ2n) is 8.12. The van der Waals surface area contributed by atoms with Gasteiger partial charge in [-0.15, -0.1) is 0 Å². The molecule has 160 valence electrons. The molecule has 0 aromatic heterocycles. The third-order valence-corrected chi connectivity index (χ3v) is 6.28. The number of hydrogen-bond donors (Lipinski definition) is 2. The van der Waals surface area contributed by atoms with Gasteiger partial charge in [-0.3, -0.25) is 14.7 Å². The molecular formula is C23H37N5O. The van der Waals surface area contributed by atoms with E-state index in [-0.39, 0.29) is 0 Å². The topological polar surface area (TPSA) is 60.0 Å². The average molecular weight is 400 g/mol. The first-order chi connectivity index (χ1) is 14.2. The summed E-state index contributed by atoms with van der Waals surface area (Å²) in [5, 5.41) is 6.84. The van der Waals surface area contributed by atoms with Gasteiger partial charge >= 0.3 is 0 Å². The van der Waals surface area contributed by atoms with E-state index in [1.54, 1.807) is 0 Å². The molecule has 0 atom stereocenters. The van der Waals surface area contributed by atoms with Crippen LogP contribution < -0.4 is 10.6 Å². The van der Waals surface area contributed by atoms with Crippen molar-refractivity contribution in [3.8, 4) is 0 Å². The van der Waals surface area contributed by atoms with Crippen LogP contribution in [0.2, 0.25) is 0 Å². The fraction of sp³-hybridized carbons (Fsp3) is 0.652. The Hall–Kier alpha value is -2.08. The van der Waals surface area contributed by atoms with Crippen LogP contribution in [0.4, 0.5) is 0 Å². The van der Waals surface area contributed by atoms with Gasteiger partial charge in [0.05, 0.1) is 0 Å². The molecule has 0 bridgehead atoms. The largest absolute Gasteiger partial charge is 0.355 e. The Balaban J connectivity index is 1.34. The molecule has 1 aliphatic heterocycles. The number of benzene rings is 1. The minimum absolute atomic E-state index is 0.301. The standard InChI is InChI=1S/C23H37N5O/c1-3-19-8-4-7-11-21(19)18-26-23(24-2)25-12-13-27-14-16-28(17-15-27)22(29)20-9-5-6-10-20/h4,7-8,11,20H,3,5-6,9-10,12-18H2,1-2H3,(H2,24,25,26). The Kier molecular flexibility index (Phi) is 8.35. The summed E-state index contributed by atoms with van der Waals surface area (Å²) < 4.78 is 0. The number of guanidine groups is 1. The second-order valence-corrected chi connectivity index (χ2v) is 8.12. The Morgan fingerprint density at radius 3 is 2.41 bits per heavy atom. The van der Waals surface area contributed by atoms with E-state index in [1.165, 1.54) is 24.0 Å². The Bertz CT molecular complexity index is 676. The van der Waals surface area contributed by atoms with E-state index in [0.717, 1.165) is 71.0 Å². The summed E-state index contributed by atoms with van der Waals surface area (Å²) in [5.41, 5.74) is 2.70. The number of aryl methyl sites for hydroxylation is 1. The van der Waals surface area contributed by atoms with Crippen LogP contribution in [0.3, 0.4) is 0 Å². The molecule has 1 amide bonds. The summed E-state index contributed by atoms with van der Waals surface area (Å²) in [4.78, 5) is 21.4. The van der Waals surface area contributed by atoms with Gasteiger partial charge < -0.3 is 15.5 Å². The SMILES string of the molecule is CCc1ccccc1CNC(=NC)NCCN1CCN(C(=O)C2CCCC2)CC1. The van der Waals surface area contributed by atoms with Crippen molar-refractivity contribution in [2.75, 3.05) is 46.3 Å². The van der Waals surface area contributed by atoms with Crippen molar-refractivity contribution in [3.63, 3.8) is 0 Å². The van der Waals surface area contributed by atoms with Crippen LogP contribution >= 0.6 is 0 Å². The number of piperazine rings is 1. The van der Waals surface area contributed by atoms with E-state index >= 15 is 0 Å². The Morgan fingerprint density at radius 2 is 1.76 bits per heavy atom. The molecule has 0 spiro atoms. The van der Waals surface area contributed by atoms with Crippen molar-refractivity contribution < 1.29 is 4.79 Å². The van der Waals surface area contributed by atoms with Gasteiger partial charge in [-0.2, -0.15) is 0 Å². The summed E-state index contributed by atoms with van der Waals surface area (Å²) in [5.74, 6) is 1.54. The number of carbonyl (C=O) groups excluding carboxylic acids is 1. The smallest absolute Gasteiger partial charge is 0.225 e. The van der Waals surface area contributed by atoms with Crippen LogP contribution in [0.1, 0.15) is 43.7 Å². The first kappa shape index (κ1) is 21.6. The molecule has 6 nitrogen and oxygen atoms in total. The summed E-state index contributed by atoms with van der Waals surface area (Å²) in [6.07, 6.45) is 5.68. The fourth-order valence-corrected chi connectivity index (χ4v) is 4.43. The maximum Gasteiger partial charge on any atom is 0.225 e. The Labute approximate surface area is 175 Å². The lowest BCUT2D eigenvalue weighted by Crippen LogP contribution is -2.51. The molecule has 0 radical (unpaired) electrons. The lowest BCUT2D eigenvalue weighted by Gasteiger charge is -2.36. The highest BCUT2D eigenvalue weighted by atomic mass is 16.2. The first-order valence-electron chi connectivity index (χ1n) is 11.2. The molecule has 3 rings (SSSR count). The van der Waals surface area contributed by atoms with Crippen molar-refractivity contribution in [3.05, 3.63) is 35.4 Å². The van der Waals surface area contributed by atoms with Gasteiger partial charge in [-0.1, -0.05) is 44.0 Å². The second kappa shape index (κ2) is 11.2. The molecule has 0 unspecified atom stereocenters. The number of carbonyl (C=O) groups is 1. The van der Waals surface area contributed by atoms with Crippen LogP contribution in [-0.2, 0) is 17.8 Å². The van der Waals surface area contributed by atoms with Crippen LogP contribution in [0.25, 0.3) is 0 Å². The molecule has 1 aromatic rings. The molecular weight excluding hydrogens is 362 g/mol. The first-order valence-corrected chi connectivity index (χ1v) is 11.2. The van der Waals surface area contributed by atoms with Gasteiger partial charge in [0.15, 0.2) is 5.96 Å². The van der Waals surface area contributed by atoms with Gasteiger partial charge in [-0.25, -0.2) is 0 Å². The highest BCUT2D eigenvalue weighted by Gasteiger charge is 2.29. The number of amides is 1. The average Bonchev–Trinajstić information content (AvgIpc) is 3.31. The van der Waals surface area contributed by atoms with Crippen molar-refractivity contribution in [1.82, 2.24) is 20.4 Å². The summed E-state index contributed by atoms with van der Waals surface area (Å²) in [6.45, 7) is 8.47. The van der Waals surface area contributed by atoms with Crippen LogP contribution in [0.5, 0.6) is 0 Å². The van der Waals surface area contributed by atoms with E-state index in [2.05, 4.69) is 56.6 Å². The molecule has 2 N–H and O–H groups in total. The normalized spacial score (nSPS) is 18.8. The van der Waals surface area contributed by atoms with Gasteiger partial charge in [0.25, 0.3) is 0 Å². The van der Waals surface area contributed by atoms with E-state index in [1.807, 2.05) is 7.05 Å². The lowest BCUT2D eigenvalue weighted by atomic mass is 10.1. The maximum absolute atomic E-state index is 12.6. The molecule has 1 saturated carbocycles. The van der Waals surface area contributed by atoms with Gasteiger partial charge in [0.2, 0.25) is 5.91 Å². The van der Waals surface area contributed by atoms with Crippen LogP contribution in [0, 0.1) is 5.92 Å². The van der Waals surface area contributed by atoms with E-state index in [9.17, 15) is 4.79 Å². The third-order valence-electron chi connectivity index (χ3n) is 6.28. The minimum Gasteiger partial charge on any atom is -0.355 e. The van der Waals surface area contributed by atoms with Crippen molar-refractivity contribution in [2.45, 2.75) is 45.6 Å². The van der Waals surface area contributed by atoms with Crippen molar-refractivity contribution >= 4 is 11.9 Å². The zero-order valence-corrected chi connectivity index (χ0v) is 18.1. The fourth-order valence-electron chi connectivity index (χ4n) is 4.43. The highest BCUT2D eigenvalue weighted by Crippen LogP contribution is 2.26. The zero-order valence-electron chi connectivity index (χ0n) is 18.1. The quantitative estimate of drug-likeness (QED) is 0.545. The predicted octanol–water partition coefficient (Wildman–Crippen LogP) is 2.25. The monoisotopic (exact) mass is 399 g/mol. The van der Waals surface area contributed by atoms with Crippen molar-refractivity contribution in [1.29, 1.82) is 0 Å². The van der Waals surface area contributed by atoms with E-state index in [0.29, 0.717) is 11.8 Å². The summed E-state index contributed by atoms with van der Waals surface area (Å²) in [7, 11) is 1.81. The zero-order chi connectivity index (χ0) is 20.5. The minimum atomic E-state index is 0.301. The third kappa shape index (κ3) is 6.20. The molecule has 1 aliphatic carbocycles. The van der Waals surface area contributed by atoms with Gasteiger partial charge in [-0.05, 0) is 30.4 Å². The molecule has 2 aliphatic rings. The summed E-state index contributed by atoms with van der Waals surface area (Å²) >= 11 is 0. The van der Waals surface area contributed by atoms with Gasteiger partial charge in [0, 0.05) is 58.8 Å². The number of rotatable bonds is 7. The van der Waals surface area contributed by atoms with Crippen LogP contribution in [0.15, 0.2) is 29.3 Å². The molecule has 29 heavy (non-hydrogen) atoms. The van der Waals surface area contributed by atoms with E-state index < -0.39 is 0 Å². The van der Waals surface area contributed by atoms with Crippen molar-refractivity contribution in [2.24, 2.45) is 10.9 Å². The number of hydrogen-bond acceptors (Lipinski definition) is 3. The highest BCUT2D eigenvalue weighted by molar-refractivity contribution is 5.80. The molecule has 2 fully saturated rings. The molecule has 1 saturated heterocycles. The summed E-state index contributed by atoms with van der Waals surface area (Å²) in [6, 6.07) is 8.54. The molecule has 1 aromatic carbocycles. The Morgan fingerprint density at radius 1 is 1.07 bits per heavy atom. The molecule has 6 heteroatoms. The number of nitrogens with one attached hydrogen (secondary N) is 2. The number of nitrogens with zero attached hydrogens (tertiary/aromatic N) is 3.